The summed E-state index contributed by atoms with van der Waals surface area (Å²) >= 11 is 6.09. The van der Waals surface area contributed by atoms with Crippen LogP contribution in [-0.4, -0.2) is 68.0 Å². The molecule has 2 aromatic carbocycles. The van der Waals surface area contributed by atoms with Crippen molar-refractivity contribution in [2.45, 2.75) is 24.6 Å². The molecule has 0 bridgehead atoms. The van der Waals surface area contributed by atoms with E-state index in [0.717, 1.165) is 15.8 Å². The SMILES string of the molecule is O=C(c1cc(Cl)ccc1-n1nccn1)N1CCC(F)(F)C(Oc2nc3ccccc3cc2OC(=O)C(F)(F)F)C1. The van der Waals surface area contributed by atoms with Crippen molar-refractivity contribution in [2.75, 3.05) is 13.1 Å². The maximum atomic E-state index is 15.0. The molecule has 0 spiro atoms. The standard InChI is InChI=1S/C25H17ClF5N5O4/c26-15-5-6-18(36-32-8-9-33-36)16(12-15)22(37)35-10-7-24(27,28)20(13-35)40-21-19(39-23(38)25(29,30)31)11-14-3-1-2-4-17(14)34-21/h1-6,8-9,11-12,20H,7,10,13H2. The monoisotopic (exact) mass is 581 g/mol. The van der Waals surface area contributed by atoms with Gasteiger partial charge in [0.1, 0.15) is 0 Å². The average Bonchev–Trinajstić information content (AvgIpc) is 3.44. The van der Waals surface area contributed by atoms with E-state index in [0.29, 0.717) is 0 Å². The van der Waals surface area contributed by atoms with Crippen molar-refractivity contribution >= 4 is 34.4 Å². The summed E-state index contributed by atoms with van der Waals surface area (Å²) in [6, 6.07) is 11.4. The average molecular weight is 582 g/mol. The maximum absolute atomic E-state index is 15.0. The first-order valence-corrected chi connectivity index (χ1v) is 12.0. The minimum absolute atomic E-state index is 0.0243. The second-order valence-electron chi connectivity index (χ2n) is 8.72. The first kappa shape index (κ1) is 27.2. The Bertz CT molecular complexity index is 1580. The lowest BCUT2D eigenvalue weighted by atomic mass is 10.0. The summed E-state index contributed by atoms with van der Waals surface area (Å²) in [4.78, 5) is 31.3. The molecule has 2 aromatic heterocycles. The molecule has 0 radical (unpaired) electrons. The number of halogens is 6. The number of alkyl halides is 5. The zero-order chi connectivity index (χ0) is 28.7. The third kappa shape index (κ3) is 5.52. The molecule has 3 heterocycles. The Kier molecular flexibility index (Phi) is 7.04. The summed E-state index contributed by atoms with van der Waals surface area (Å²) in [6.45, 7) is -1.04. The van der Waals surface area contributed by atoms with Gasteiger partial charge in [0, 0.05) is 23.4 Å². The van der Waals surface area contributed by atoms with Crippen LogP contribution in [0.2, 0.25) is 5.02 Å². The van der Waals surface area contributed by atoms with E-state index < -0.39 is 54.7 Å². The van der Waals surface area contributed by atoms with Gasteiger partial charge in [-0.05, 0) is 30.3 Å². The van der Waals surface area contributed by atoms with Crippen LogP contribution in [0.5, 0.6) is 11.6 Å². The second kappa shape index (κ2) is 10.3. The zero-order valence-corrected chi connectivity index (χ0v) is 20.9. The molecule has 5 rings (SSSR count). The number of amides is 1. The van der Waals surface area contributed by atoms with Gasteiger partial charge in [0.05, 0.1) is 35.7 Å². The predicted octanol–water partition coefficient (Wildman–Crippen LogP) is 4.87. The lowest BCUT2D eigenvalue weighted by Gasteiger charge is -2.38. The summed E-state index contributed by atoms with van der Waals surface area (Å²) < 4.78 is 78.6. The van der Waals surface area contributed by atoms with Crippen LogP contribution in [0.15, 0.2) is 60.9 Å². The highest BCUT2D eigenvalue weighted by molar-refractivity contribution is 6.31. The molecule has 208 valence electrons. The minimum Gasteiger partial charge on any atom is -0.463 e. The van der Waals surface area contributed by atoms with Crippen LogP contribution in [-0.2, 0) is 4.79 Å². The molecule has 1 aliphatic heterocycles. The zero-order valence-electron chi connectivity index (χ0n) is 20.1. The number of carbonyl (C=O) groups excluding carboxylic acids is 2. The van der Waals surface area contributed by atoms with E-state index in [-0.39, 0.29) is 33.7 Å². The van der Waals surface area contributed by atoms with Gasteiger partial charge in [-0.15, -0.1) is 0 Å². The van der Waals surface area contributed by atoms with Crippen molar-refractivity contribution in [1.82, 2.24) is 24.9 Å². The highest BCUT2D eigenvalue weighted by atomic mass is 35.5. The predicted molar refractivity (Wildman–Crippen MR) is 130 cm³/mol. The second-order valence-corrected chi connectivity index (χ2v) is 9.16. The number of nitrogens with zero attached hydrogens (tertiary/aromatic N) is 5. The van der Waals surface area contributed by atoms with Gasteiger partial charge < -0.3 is 14.4 Å². The van der Waals surface area contributed by atoms with Crippen LogP contribution in [0, 0.1) is 0 Å². The molecule has 1 unspecified atom stereocenters. The molecule has 15 heteroatoms. The number of benzene rings is 2. The molecule has 9 nitrogen and oxygen atoms in total. The molecule has 1 saturated heterocycles. The lowest BCUT2D eigenvalue weighted by molar-refractivity contribution is -0.190. The van der Waals surface area contributed by atoms with E-state index in [2.05, 4.69) is 19.9 Å². The Labute approximate surface area is 227 Å². The van der Waals surface area contributed by atoms with E-state index in [4.69, 9.17) is 16.3 Å². The highest BCUT2D eigenvalue weighted by Gasteiger charge is 2.48. The molecule has 1 fully saturated rings. The van der Waals surface area contributed by atoms with E-state index in [1.165, 1.54) is 42.7 Å². The summed E-state index contributed by atoms with van der Waals surface area (Å²) in [5.41, 5.74) is 0.453. The number of para-hydroxylation sites is 1. The largest absolute Gasteiger partial charge is 0.491 e. The number of hydrogen-bond acceptors (Lipinski definition) is 7. The van der Waals surface area contributed by atoms with Gasteiger partial charge in [-0.1, -0.05) is 29.8 Å². The van der Waals surface area contributed by atoms with Gasteiger partial charge in [0.25, 0.3) is 17.7 Å². The lowest BCUT2D eigenvalue weighted by Crippen LogP contribution is -2.55. The van der Waals surface area contributed by atoms with Gasteiger partial charge in [0.15, 0.2) is 11.9 Å². The number of aromatic nitrogens is 4. The highest BCUT2D eigenvalue weighted by Crippen LogP contribution is 2.37. The van der Waals surface area contributed by atoms with Crippen LogP contribution in [0.4, 0.5) is 22.0 Å². The van der Waals surface area contributed by atoms with Crippen LogP contribution < -0.4 is 9.47 Å². The fourth-order valence-corrected chi connectivity index (χ4v) is 4.24. The molecule has 1 aliphatic rings. The normalized spacial score (nSPS) is 17.1. The number of fused-ring (bicyclic) bond motifs is 1. The smallest absolute Gasteiger partial charge is 0.463 e. The van der Waals surface area contributed by atoms with Crippen LogP contribution >= 0.6 is 11.6 Å². The molecule has 40 heavy (non-hydrogen) atoms. The quantitative estimate of drug-likeness (QED) is 0.245. The Balaban J connectivity index is 1.47. The van der Waals surface area contributed by atoms with Gasteiger partial charge >= 0.3 is 12.1 Å². The maximum Gasteiger partial charge on any atom is 0.491 e. The summed E-state index contributed by atoms with van der Waals surface area (Å²) in [5.74, 6) is -8.35. The molecule has 0 N–H and O–H groups in total. The number of pyridine rings is 1. The van der Waals surface area contributed by atoms with Gasteiger partial charge in [-0.25, -0.2) is 18.6 Å². The Morgan fingerprint density at radius 3 is 2.50 bits per heavy atom. The van der Waals surface area contributed by atoms with Crippen molar-refractivity contribution in [2.24, 2.45) is 0 Å². The van der Waals surface area contributed by atoms with Crippen LogP contribution in [0.1, 0.15) is 16.8 Å². The van der Waals surface area contributed by atoms with E-state index in [1.54, 1.807) is 12.1 Å². The Morgan fingerprint density at radius 2 is 1.77 bits per heavy atom. The number of carbonyl (C=O) groups is 2. The topological polar surface area (TPSA) is 99.4 Å². The van der Waals surface area contributed by atoms with Crippen molar-refractivity contribution in [3.05, 3.63) is 71.5 Å². The van der Waals surface area contributed by atoms with Gasteiger partial charge in [-0.3, -0.25) is 4.79 Å². The first-order chi connectivity index (χ1) is 18.9. The van der Waals surface area contributed by atoms with Crippen molar-refractivity contribution in [1.29, 1.82) is 0 Å². The van der Waals surface area contributed by atoms with E-state index >= 15 is 8.78 Å². The first-order valence-electron chi connectivity index (χ1n) is 11.6. The third-order valence-electron chi connectivity index (χ3n) is 6.03. The fourth-order valence-electron chi connectivity index (χ4n) is 4.07. The molecular weight excluding hydrogens is 565 g/mol. The van der Waals surface area contributed by atoms with Crippen molar-refractivity contribution in [3.8, 4) is 17.3 Å². The van der Waals surface area contributed by atoms with Crippen LogP contribution in [0.25, 0.3) is 16.6 Å². The third-order valence-corrected chi connectivity index (χ3v) is 6.26. The molecule has 1 atom stereocenters. The van der Waals surface area contributed by atoms with E-state index in [9.17, 15) is 22.8 Å². The Hall–Kier alpha value is -4.33. The van der Waals surface area contributed by atoms with Crippen molar-refractivity contribution < 1.29 is 41.0 Å². The number of hydrogen-bond donors (Lipinski definition) is 0. The Morgan fingerprint density at radius 1 is 1.05 bits per heavy atom. The summed E-state index contributed by atoms with van der Waals surface area (Å²) in [5, 5.41) is 8.45. The molecule has 0 aliphatic carbocycles. The van der Waals surface area contributed by atoms with Gasteiger partial charge in [-0.2, -0.15) is 28.2 Å². The molecule has 0 saturated carbocycles. The number of piperidine rings is 1. The summed E-state index contributed by atoms with van der Waals surface area (Å²) in [7, 11) is 0. The van der Waals surface area contributed by atoms with E-state index in [1.807, 2.05) is 0 Å². The molecule has 4 aromatic rings. The van der Waals surface area contributed by atoms with Gasteiger partial charge in [0.2, 0.25) is 0 Å². The number of esters is 1. The minimum atomic E-state index is -5.36. The summed E-state index contributed by atoms with van der Waals surface area (Å²) in [6.07, 6.45) is -5.47. The number of rotatable bonds is 5. The fraction of sp³-hybridized carbons (Fsp3) is 0.240. The van der Waals surface area contributed by atoms with Crippen molar-refractivity contribution in [3.63, 3.8) is 0 Å². The number of likely N-dealkylation sites (tertiary alicyclic amines) is 1. The molecule has 1 amide bonds. The molecular formula is C25H17ClF5N5O4. The number of ether oxygens (including phenoxy) is 2. The van der Waals surface area contributed by atoms with Crippen LogP contribution in [0.3, 0.4) is 0 Å².